The van der Waals surface area contributed by atoms with Crippen LogP contribution in [-0.2, 0) is 6.54 Å². The van der Waals surface area contributed by atoms with Crippen molar-refractivity contribution in [3.05, 3.63) is 23.9 Å². The average Bonchev–Trinajstić information content (AvgIpc) is 2.18. The van der Waals surface area contributed by atoms with E-state index in [1.807, 2.05) is 30.1 Å². The Kier molecular flexibility index (Phi) is 3.67. The van der Waals surface area contributed by atoms with E-state index in [1.165, 1.54) is 0 Å². The molecular weight excluding hydrogens is 166 g/mol. The van der Waals surface area contributed by atoms with Crippen LogP contribution in [0, 0.1) is 0 Å². The molecule has 0 radical (unpaired) electrons. The fraction of sp³-hybridized carbons (Fsp3) is 0.444. The Morgan fingerprint density at radius 1 is 1.54 bits per heavy atom. The smallest absolute Gasteiger partial charge is 0.128 e. The van der Waals surface area contributed by atoms with Gasteiger partial charge in [0.15, 0.2) is 0 Å². The summed E-state index contributed by atoms with van der Waals surface area (Å²) in [4.78, 5) is 6.19. The predicted molar refractivity (Wildman–Crippen MR) is 52.5 cm³/mol. The molecule has 4 nitrogen and oxygen atoms in total. The lowest BCUT2D eigenvalue weighted by Crippen LogP contribution is -2.22. The summed E-state index contributed by atoms with van der Waals surface area (Å²) in [5.41, 5.74) is 6.33. The minimum absolute atomic E-state index is 0.130. The maximum Gasteiger partial charge on any atom is 0.128 e. The molecule has 1 heterocycles. The van der Waals surface area contributed by atoms with Crippen LogP contribution in [0.15, 0.2) is 18.2 Å². The van der Waals surface area contributed by atoms with Crippen molar-refractivity contribution in [3.8, 4) is 0 Å². The molecule has 0 atom stereocenters. The Balaban J connectivity index is 2.75. The van der Waals surface area contributed by atoms with E-state index in [0.29, 0.717) is 13.1 Å². The molecule has 1 aromatic heterocycles. The van der Waals surface area contributed by atoms with Gasteiger partial charge in [0.2, 0.25) is 0 Å². The summed E-state index contributed by atoms with van der Waals surface area (Å²) in [5.74, 6) is 0.844. The summed E-state index contributed by atoms with van der Waals surface area (Å²) < 4.78 is 0. The zero-order chi connectivity index (χ0) is 9.68. The van der Waals surface area contributed by atoms with E-state index >= 15 is 0 Å². The summed E-state index contributed by atoms with van der Waals surface area (Å²) in [6.07, 6.45) is 0. The number of hydrogen-bond acceptors (Lipinski definition) is 4. The molecule has 1 aromatic rings. The van der Waals surface area contributed by atoms with Crippen LogP contribution in [0.4, 0.5) is 5.82 Å². The molecule has 0 spiro atoms. The quantitative estimate of drug-likeness (QED) is 0.684. The summed E-state index contributed by atoms with van der Waals surface area (Å²) in [5, 5.41) is 8.73. The van der Waals surface area contributed by atoms with Gasteiger partial charge in [-0.25, -0.2) is 4.98 Å². The lowest BCUT2D eigenvalue weighted by Gasteiger charge is -2.16. The monoisotopic (exact) mass is 181 g/mol. The zero-order valence-electron chi connectivity index (χ0n) is 7.77. The van der Waals surface area contributed by atoms with Crippen LogP contribution in [0.25, 0.3) is 0 Å². The number of likely N-dealkylation sites (N-methyl/N-ethyl adjacent to an activating group) is 1. The van der Waals surface area contributed by atoms with Gasteiger partial charge in [0.05, 0.1) is 12.3 Å². The molecule has 0 fully saturated rings. The summed E-state index contributed by atoms with van der Waals surface area (Å²) >= 11 is 0. The molecule has 0 aliphatic carbocycles. The number of nitrogens with two attached hydrogens (primary N) is 1. The zero-order valence-corrected chi connectivity index (χ0v) is 7.77. The van der Waals surface area contributed by atoms with Crippen LogP contribution in [0.2, 0.25) is 0 Å². The van der Waals surface area contributed by atoms with E-state index in [0.717, 1.165) is 11.5 Å². The van der Waals surface area contributed by atoms with Crippen molar-refractivity contribution in [2.75, 3.05) is 25.1 Å². The number of aliphatic hydroxyl groups is 1. The van der Waals surface area contributed by atoms with Gasteiger partial charge in [0.1, 0.15) is 5.82 Å². The first kappa shape index (κ1) is 9.95. The largest absolute Gasteiger partial charge is 0.395 e. The van der Waals surface area contributed by atoms with Gasteiger partial charge in [-0.05, 0) is 12.1 Å². The van der Waals surface area contributed by atoms with Gasteiger partial charge >= 0.3 is 0 Å². The second-order valence-electron chi connectivity index (χ2n) is 2.84. The molecule has 72 valence electrons. The van der Waals surface area contributed by atoms with Crippen molar-refractivity contribution in [2.45, 2.75) is 6.54 Å². The molecule has 0 bridgehead atoms. The standard InChI is InChI=1S/C9H15N3O/c1-12(5-6-13)9-4-2-3-8(7-10)11-9/h2-4,13H,5-7,10H2,1H3. The first-order valence-electron chi connectivity index (χ1n) is 4.26. The Morgan fingerprint density at radius 3 is 2.92 bits per heavy atom. The van der Waals surface area contributed by atoms with E-state index in [9.17, 15) is 0 Å². The fourth-order valence-electron chi connectivity index (χ4n) is 1.06. The highest BCUT2D eigenvalue weighted by Gasteiger charge is 2.01. The fourth-order valence-corrected chi connectivity index (χ4v) is 1.06. The molecule has 3 N–H and O–H groups in total. The number of aromatic nitrogens is 1. The number of rotatable bonds is 4. The molecular formula is C9H15N3O. The van der Waals surface area contributed by atoms with Gasteiger partial charge < -0.3 is 15.7 Å². The van der Waals surface area contributed by atoms with E-state index in [2.05, 4.69) is 4.98 Å². The van der Waals surface area contributed by atoms with Gasteiger partial charge in [-0.1, -0.05) is 6.07 Å². The van der Waals surface area contributed by atoms with Crippen molar-refractivity contribution in [1.82, 2.24) is 4.98 Å². The SMILES string of the molecule is CN(CCO)c1cccc(CN)n1. The van der Waals surface area contributed by atoms with E-state index in [-0.39, 0.29) is 6.61 Å². The Hall–Kier alpha value is -1.13. The maximum atomic E-state index is 8.73. The van der Waals surface area contributed by atoms with Crippen molar-refractivity contribution < 1.29 is 5.11 Å². The van der Waals surface area contributed by atoms with Crippen molar-refractivity contribution >= 4 is 5.82 Å². The first-order chi connectivity index (χ1) is 6.27. The average molecular weight is 181 g/mol. The van der Waals surface area contributed by atoms with E-state index < -0.39 is 0 Å². The van der Waals surface area contributed by atoms with Crippen molar-refractivity contribution in [1.29, 1.82) is 0 Å². The predicted octanol–water partition coefficient (Wildman–Crippen LogP) is -0.0312. The highest BCUT2D eigenvalue weighted by Crippen LogP contribution is 2.08. The van der Waals surface area contributed by atoms with Gasteiger partial charge in [0.25, 0.3) is 0 Å². The highest BCUT2D eigenvalue weighted by molar-refractivity contribution is 5.38. The van der Waals surface area contributed by atoms with Gasteiger partial charge in [-0.2, -0.15) is 0 Å². The minimum atomic E-state index is 0.130. The van der Waals surface area contributed by atoms with Gasteiger partial charge in [-0.15, -0.1) is 0 Å². The maximum absolute atomic E-state index is 8.73. The number of hydrogen-bond donors (Lipinski definition) is 2. The molecule has 0 aromatic carbocycles. The highest BCUT2D eigenvalue weighted by atomic mass is 16.3. The van der Waals surface area contributed by atoms with Crippen molar-refractivity contribution in [2.24, 2.45) is 5.73 Å². The Labute approximate surface area is 78.0 Å². The summed E-state index contributed by atoms with van der Waals surface area (Å²) in [6, 6.07) is 5.70. The third-order valence-electron chi connectivity index (χ3n) is 1.83. The van der Waals surface area contributed by atoms with Gasteiger partial charge in [-0.3, -0.25) is 0 Å². The lowest BCUT2D eigenvalue weighted by molar-refractivity contribution is 0.304. The molecule has 1 rings (SSSR count). The Bertz CT molecular complexity index is 265. The molecule has 0 saturated carbocycles. The molecule has 13 heavy (non-hydrogen) atoms. The summed E-state index contributed by atoms with van der Waals surface area (Å²) in [6.45, 7) is 1.16. The van der Waals surface area contributed by atoms with E-state index in [1.54, 1.807) is 0 Å². The molecule has 4 heteroatoms. The van der Waals surface area contributed by atoms with Crippen LogP contribution in [-0.4, -0.2) is 30.3 Å². The minimum Gasteiger partial charge on any atom is -0.395 e. The van der Waals surface area contributed by atoms with E-state index in [4.69, 9.17) is 10.8 Å². The third kappa shape index (κ3) is 2.68. The number of aliphatic hydroxyl groups excluding tert-OH is 1. The molecule has 0 unspecified atom stereocenters. The molecule has 0 aliphatic rings. The number of pyridine rings is 1. The second kappa shape index (κ2) is 4.79. The Morgan fingerprint density at radius 2 is 2.31 bits per heavy atom. The molecule has 0 saturated heterocycles. The van der Waals surface area contributed by atoms with Crippen molar-refractivity contribution in [3.63, 3.8) is 0 Å². The van der Waals surface area contributed by atoms with Crippen LogP contribution in [0.5, 0.6) is 0 Å². The molecule has 0 aliphatic heterocycles. The van der Waals surface area contributed by atoms with Gasteiger partial charge in [0, 0.05) is 20.1 Å². The van der Waals surface area contributed by atoms with Crippen LogP contribution in [0.3, 0.4) is 0 Å². The molecule has 0 amide bonds. The van der Waals surface area contributed by atoms with Crippen LogP contribution >= 0.6 is 0 Å². The first-order valence-corrected chi connectivity index (χ1v) is 4.26. The normalized spacial score (nSPS) is 10.1. The van der Waals surface area contributed by atoms with Crippen LogP contribution in [0.1, 0.15) is 5.69 Å². The number of anilines is 1. The topological polar surface area (TPSA) is 62.4 Å². The lowest BCUT2D eigenvalue weighted by atomic mass is 10.3. The van der Waals surface area contributed by atoms with Crippen LogP contribution < -0.4 is 10.6 Å². The second-order valence-corrected chi connectivity index (χ2v) is 2.84. The number of nitrogens with zero attached hydrogens (tertiary/aromatic N) is 2. The third-order valence-corrected chi connectivity index (χ3v) is 1.83. The summed E-state index contributed by atoms with van der Waals surface area (Å²) in [7, 11) is 1.89.